The zero-order valence-corrected chi connectivity index (χ0v) is 15.0. The number of ether oxygens (including phenoxy) is 4. The summed E-state index contributed by atoms with van der Waals surface area (Å²) in [7, 11) is 1.15. The first-order chi connectivity index (χ1) is 12.7. The molecule has 0 aliphatic heterocycles. The van der Waals surface area contributed by atoms with Crippen molar-refractivity contribution in [2.45, 2.75) is 19.4 Å². The lowest BCUT2D eigenvalue weighted by Gasteiger charge is -2.08. The van der Waals surface area contributed by atoms with E-state index in [0.717, 1.165) is 12.7 Å². The lowest BCUT2D eigenvalue weighted by molar-refractivity contribution is -0.147. The Morgan fingerprint density at radius 2 is 1.62 bits per heavy atom. The number of Topliss-reactive ketones (excluding diaryl/α,β-unsaturated/α-hetero) is 1. The van der Waals surface area contributed by atoms with Crippen molar-refractivity contribution in [2.24, 2.45) is 5.92 Å². The second-order valence-electron chi connectivity index (χ2n) is 5.42. The molecule has 0 amide bonds. The predicted molar refractivity (Wildman–Crippen MR) is 93.1 cm³/mol. The normalized spacial score (nSPS) is 11.5. The van der Waals surface area contributed by atoms with Crippen molar-refractivity contribution in [1.82, 2.24) is 0 Å². The molecule has 0 fully saturated rings. The molecule has 7 nitrogen and oxygen atoms in total. The average molecular weight is 363 g/mol. The highest BCUT2D eigenvalue weighted by Gasteiger charge is 2.26. The monoisotopic (exact) mass is 363 g/mol. The number of benzene rings is 1. The van der Waals surface area contributed by atoms with Gasteiger partial charge in [0.1, 0.15) is 0 Å². The molecule has 7 heteroatoms. The SMILES string of the molecule is COC(=O)C(C#N)C(=O)CCCOCCOCCOCc1ccccc1. The number of methoxy groups -OCH3 is 1. The summed E-state index contributed by atoms with van der Waals surface area (Å²) >= 11 is 0. The molecule has 0 heterocycles. The minimum absolute atomic E-state index is 0.0987. The topological polar surface area (TPSA) is 94.9 Å². The molecule has 1 unspecified atom stereocenters. The molecule has 0 N–H and O–H groups in total. The summed E-state index contributed by atoms with van der Waals surface area (Å²) in [5, 5.41) is 8.79. The number of carbonyl (C=O) groups is 2. The Morgan fingerprint density at radius 1 is 1.00 bits per heavy atom. The summed E-state index contributed by atoms with van der Waals surface area (Å²) in [6.45, 7) is 2.75. The highest BCUT2D eigenvalue weighted by Crippen LogP contribution is 2.05. The van der Waals surface area contributed by atoms with Gasteiger partial charge < -0.3 is 18.9 Å². The molecule has 0 saturated heterocycles. The van der Waals surface area contributed by atoms with Crippen molar-refractivity contribution in [1.29, 1.82) is 5.26 Å². The minimum Gasteiger partial charge on any atom is -0.468 e. The minimum atomic E-state index is -1.35. The van der Waals surface area contributed by atoms with E-state index in [1.54, 1.807) is 6.07 Å². The Morgan fingerprint density at radius 3 is 2.23 bits per heavy atom. The molecule has 0 aliphatic carbocycles. The first-order valence-corrected chi connectivity index (χ1v) is 8.46. The first-order valence-electron chi connectivity index (χ1n) is 8.46. The van der Waals surface area contributed by atoms with Gasteiger partial charge in [0.05, 0.1) is 46.2 Å². The standard InChI is InChI=1S/C19H25NO6/c1-23-19(22)17(14-20)18(21)8-5-9-24-10-11-25-12-13-26-15-16-6-3-2-4-7-16/h2-4,6-7,17H,5,8-13,15H2,1H3. The molecule has 0 aliphatic rings. The van der Waals surface area contributed by atoms with Crippen LogP contribution in [0.15, 0.2) is 30.3 Å². The summed E-state index contributed by atoms with van der Waals surface area (Å²) in [6, 6.07) is 11.6. The molecule has 0 saturated carbocycles. The maximum Gasteiger partial charge on any atom is 0.330 e. The molecule has 1 aromatic carbocycles. The molecule has 0 spiro atoms. The van der Waals surface area contributed by atoms with Crippen LogP contribution in [0.25, 0.3) is 0 Å². The van der Waals surface area contributed by atoms with E-state index in [2.05, 4.69) is 4.74 Å². The molecule has 1 aromatic rings. The Balaban J connectivity index is 1.92. The molecule has 1 rings (SSSR count). The van der Waals surface area contributed by atoms with Crippen molar-refractivity contribution in [3.8, 4) is 6.07 Å². The molecule has 0 bridgehead atoms. The largest absolute Gasteiger partial charge is 0.468 e. The van der Waals surface area contributed by atoms with Gasteiger partial charge in [-0.15, -0.1) is 0 Å². The third kappa shape index (κ3) is 9.28. The van der Waals surface area contributed by atoms with E-state index in [1.807, 2.05) is 30.3 Å². The van der Waals surface area contributed by atoms with E-state index >= 15 is 0 Å². The fourth-order valence-corrected chi connectivity index (χ4v) is 2.07. The smallest absolute Gasteiger partial charge is 0.330 e. The lowest BCUT2D eigenvalue weighted by atomic mass is 10.0. The van der Waals surface area contributed by atoms with Crippen LogP contribution in [-0.2, 0) is 35.1 Å². The number of hydrogen-bond acceptors (Lipinski definition) is 7. The fraction of sp³-hybridized carbons (Fsp3) is 0.526. The number of rotatable bonds is 14. The Hall–Kier alpha value is -2.27. The molecule has 26 heavy (non-hydrogen) atoms. The molecule has 0 aromatic heterocycles. The van der Waals surface area contributed by atoms with Gasteiger partial charge >= 0.3 is 5.97 Å². The number of nitriles is 1. The highest BCUT2D eigenvalue weighted by atomic mass is 16.5. The van der Waals surface area contributed by atoms with E-state index in [-0.39, 0.29) is 6.42 Å². The van der Waals surface area contributed by atoms with Crippen LogP contribution in [0.2, 0.25) is 0 Å². The Labute approximate surface area is 153 Å². The predicted octanol–water partition coefficient (Wildman–Crippen LogP) is 1.90. The highest BCUT2D eigenvalue weighted by molar-refractivity contribution is 6.01. The van der Waals surface area contributed by atoms with Crippen molar-refractivity contribution in [2.75, 3.05) is 40.1 Å². The molecule has 1 atom stereocenters. The van der Waals surface area contributed by atoms with Crippen molar-refractivity contribution < 1.29 is 28.5 Å². The second-order valence-corrected chi connectivity index (χ2v) is 5.42. The lowest BCUT2D eigenvalue weighted by Crippen LogP contribution is -2.24. The summed E-state index contributed by atoms with van der Waals surface area (Å²) in [5.74, 6) is -2.62. The van der Waals surface area contributed by atoms with Crippen LogP contribution >= 0.6 is 0 Å². The van der Waals surface area contributed by atoms with Gasteiger partial charge in [0, 0.05) is 13.0 Å². The molecule has 0 radical (unpaired) electrons. The number of ketones is 1. The van der Waals surface area contributed by atoms with E-state index in [4.69, 9.17) is 19.5 Å². The van der Waals surface area contributed by atoms with Crippen LogP contribution < -0.4 is 0 Å². The average Bonchev–Trinajstić information content (AvgIpc) is 2.67. The third-order valence-electron chi connectivity index (χ3n) is 3.46. The Bertz CT molecular complexity index is 569. The number of carbonyl (C=O) groups excluding carboxylic acids is 2. The first kappa shape index (κ1) is 21.8. The van der Waals surface area contributed by atoms with E-state index in [9.17, 15) is 9.59 Å². The van der Waals surface area contributed by atoms with Gasteiger partial charge in [0.25, 0.3) is 0 Å². The van der Waals surface area contributed by atoms with Gasteiger partial charge in [-0.1, -0.05) is 30.3 Å². The van der Waals surface area contributed by atoms with E-state index < -0.39 is 17.7 Å². The molecular formula is C19H25NO6. The quantitative estimate of drug-likeness (QED) is 0.283. The summed E-state index contributed by atoms with van der Waals surface area (Å²) < 4.78 is 20.6. The van der Waals surface area contributed by atoms with Crippen molar-refractivity contribution in [3.63, 3.8) is 0 Å². The second kappa shape index (κ2) is 14.0. The maximum absolute atomic E-state index is 11.7. The van der Waals surface area contributed by atoms with Gasteiger partial charge in [-0.25, -0.2) is 0 Å². The molecule has 142 valence electrons. The number of nitrogens with zero attached hydrogens (tertiary/aromatic N) is 1. The van der Waals surface area contributed by atoms with Crippen molar-refractivity contribution in [3.05, 3.63) is 35.9 Å². The zero-order valence-electron chi connectivity index (χ0n) is 15.0. The fourth-order valence-electron chi connectivity index (χ4n) is 2.07. The van der Waals surface area contributed by atoms with Gasteiger partial charge in [0.2, 0.25) is 5.92 Å². The van der Waals surface area contributed by atoms with E-state index in [1.165, 1.54) is 0 Å². The summed E-state index contributed by atoms with van der Waals surface area (Å²) in [4.78, 5) is 22.9. The van der Waals surface area contributed by atoms with Crippen LogP contribution in [0.5, 0.6) is 0 Å². The van der Waals surface area contributed by atoms with Crippen LogP contribution in [0, 0.1) is 17.2 Å². The maximum atomic E-state index is 11.7. The van der Waals surface area contributed by atoms with Gasteiger partial charge in [-0.2, -0.15) is 5.26 Å². The molecular weight excluding hydrogens is 338 g/mol. The van der Waals surface area contributed by atoms with E-state index in [0.29, 0.717) is 46.1 Å². The van der Waals surface area contributed by atoms with Gasteiger partial charge in [0.15, 0.2) is 5.78 Å². The van der Waals surface area contributed by atoms with Crippen LogP contribution in [-0.4, -0.2) is 51.9 Å². The third-order valence-corrected chi connectivity index (χ3v) is 3.46. The van der Waals surface area contributed by atoms with Gasteiger partial charge in [-0.3, -0.25) is 9.59 Å². The van der Waals surface area contributed by atoms with Gasteiger partial charge in [-0.05, 0) is 12.0 Å². The van der Waals surface area contributed by atoms with Crippen LogP contribution in [0.4, 0.5) is 0 Å². The zero-order chi connectivity index (χ0) is 19.0. The summed E-state index contributed by atoms with van der Waals surface area (Å²) in [6.07, 6.45) is 0.537. The number of esters is 1. The van der Waals surface area contributed by atoms with Crippen LogP contribution in [0.1, 0.15) is 18.4 Å². The Kier molecular flexibility index (Phi) is 11.7. The number of hydrogen-bond donors (Lipinski definition) is 0. The summed E-state index contributed by atoms with van der Waals surface area (Å²) in [5.41, 5.74) is 1.12. The van der Waals surface area contributed by atoms with Crippen LogP contribution in [0.3, 0.4) is 0 Å². The van der Waals surface area contributed by atoms with Crippen molar-refractivity contribution >= 4 is 11.8 Å².